The summed E-state index contributed by atoms with van der Waals surface area (Å²) in [7, 11) is 1.27. The topological polar surface area (TPSA) is 123 Å². The molecule has 13 heteroatoms. The number of aliphatic hydroxyl groups excluding tert-OH is 1. The predicted octanol–water partition coefficient (Wildman–Crippen LogP) is 7.72. The molecule has 0 bridgehead atoms. The van der Waals surface area contributed by atoms with E-state index in [1.54, 1.807) is 30.3 Å². The van der Waals surface area contributed by atoms with Crippen molar-refractivity contribution in [3.63, 3.8) is 0 Å². The number of nitrogens with zero attached hydrogens (tertiary/aromatic N) is 3. The summed E-state index contributed by atoms with van der Waals surface area (Å²) in [6, 6.07) is 15.6. The number of carbonyl (C=O) groups excluding carboxylic acids is 2. The highest BCUT2D eigenvalue weighted by Gasteiger charge is 2.30. The van der Waals surface area contributed by atoms with Crippen LogP contribution in [0.2, 0.25) is 20.1 Å². The Morgan fingerprint density at radius 3 is 2.07 bits per heavy atom. The number of methoxy groups -OCH3 is 1. The SMILES string of the molecule is [C-]#[N+]c1c(OC(=O)c2c(Cl)ccc(Cl)c2CO)nc(OC(=O)c2c(Cl)ccc(Cl)c2OC)c(C#N)c1-c1ccccc1. The third kappa shape index (κ3) is 5.83. The van der Waals surface area contributed by atoms with Gasteiger partial charge in [0.05, 0.1) is 40.9 Å². The van der Waals surface area contributed by atoms with Crippen LogP contribution in [0, 0.1) is 17.9 Å². The molecule has 1 aromatic heterocycles. The second kappa shape index (κ2) is 13.1. The van der Waals surface area contributed by atoms with E-state index >= 15 is 0 Å². The van der Waals surface area contributed by atoms with E-state index in [1.807, 2.05) is 6.07 Å². The molecule has 4 aromatic rings. The molecule has 0 fully saturated rings. The summed E-state index contributed by atoms with van der Waals surface area (Å²) in [6.07, 6.45) is 0. The first kappa shape index (κ1) is 30.6. The lowest BCUT2D eigenvalue weighted by Gasteiger charge is -2.17. The van der Waals surface area contributed by atoms with Crippen LogP contribution in [0.25, 0.3) is 16.0 Å². The van der Waals surface area contributed by atoms with Crippen LogP contribution in [0.5, 0.6) is 17.5 Å². The van der Waals surface area contributed by atoms with Crippen LogP contribution >= 0.6 is 46.4 Å². The molecule has 3 aromatic carbocycles. The number of rotatable bonds is 7. The summed E-state index contributed by atoms with van der Waals surface area (Å²) in [4.78, 5) is 34.2. The fourth-order valence-electron chi connectivity index (χ4n) is 3.94. The summed E-state index contributed by atoms with van der Waals surface area (Å²) < 4.78 is 16.2. The molecule has 9 nitrogen and oxygen atoms in total. The lowest BCUT2D eigenvalue weighted by atomic mass is 9.99. The number of aliphatic hydroxyl groups is 1. The fourth-order valence-corrected chi connectivity index (χ4v) is 4.87. The van der Waals surface area contributed by atoms with Gasteiger partial charge in [0.2, 0.25) is 11.8 Å². The highest BCUT2D eigenvalue weighted by Crippen LogP contribution is 2.44. The van der Waals surface area contributed by atoms with E-state index in [-0.39, 0.29) is 59.3 Å². The van der Waals surface area contributed by atoms with Gasteiger partial charge in [-0.05, 0) is 29.8 Å². The molecule has 210 valence electrons. The van der Waals surface area contributed by atoms with Crippen LogP contribution < -0.4 is 14.2 Å². The molecule has 0 aliphatic rings. The average Bonchev–Trinajstić information content (AvgIpc) is 2.98. The highest BCUT2D eigenvalue weighted by atomic mass is 35.5. The van der Waals surface area contributed by atoms with E-state index in [2.05, 4.69) is 9.83 Å². The number of hydrogen-bond donors (Lipinski definition) is 1. The van der Waals surface area contributed by atoms with E-state index in [1.165, 1.54) is 31.4 Å². The maximum atomic E-state index is 13.3. The van der Waals surface area contributed by atoms with Gasteiger partial charge in [0, 0.05) is 16.1 Å². The molecular formula is C29H15Cl4N3O6. The van der Waals surface area contributed by atoms with Crippen molar-refractivity contribution >= 4 is 64.0 Å². The maximum Gasteiger partial charge on any atom is 0.350 e. The fraction of sp³-hybridized carbons (Fsp3) is 0.0690. The minimum absolute atomic E-state index is 0.0233. The van der Waals surface area contributed by atoms with Gasteiger partial charge in [-0.15, -0.1) is 0 Å². The molecule has 1 N–H and O–H groups in total. The van der Waals surface area contributed by atoms with Crippen molar-refractivity contribution in [3.05, 3.63) is 108 Å². The van der Waals surface area contributed by atoms with Crippen molar-refractivity contribution in [2.24, 2.45) is 0 Å². The zero-order valence-corrected chi connectivity index (χ0v) is 24.3. The van der Waals surface area contributed by atoms with Crippen LogP contribution in [-0.4, -0.2) is 29.1 Å². The number of benzene rings is 3. The van der Waals surface area contributed by atoms with Gasteiger partial charge in [-0.3, -0.25) is 0 Å². The van der Waals surface area contributed by atoms with Crippen LogP contribution in [0.4, 0.5) is 5.69 Å². The standard InChI is InChI=1S/C29H15Cl4N3O6/c1-35-24-21(14-6-4-3-5-7-14)15(12-34)26(41-29(39)23-19(32)10-11-20(33)25(23)40-2)36-27(24)42-28(38)22-16(13-37)17(30)8-9-18(22)31/h3-11,37H,13H2,2H3. The van der Waals surface area contributed by atoms with Crippen LogP contribution in [0.15, 0.2) is 54.6 Å². The predicted molar refractivity (Wildman–Crippen MR) is 156 cm³/mol. The number of pyridine rings is 1. The van der Waals surface area contributed by atoms with Crippen molar-refractivity contribution in [2.75, 3.05) is 7.11 Å². The van der Waals surface area contributed by atoms with Crippen LogP contribution in [0.3, 0.4) is 0 Å². The Balaban J connectivity index is 1.94. The molecule has 42 heavy (non-hydrogen) atoms. The van der Waals surface area contributed by atoms with Gasteiger partial charge in [0.25, 0.3) is 5.69 Å². The van der Waals surface area contributed by atoms with E-state index in [9.17, 15) is 20.0 Å². The summed E-state index contributed by atoms with van der Waals surface area (Å²) in [5, 5.41) is 19.9. The number of hydrogen-bond acceptors (Lipinski definition) is 8. The normalized spacial score (nSPS) is 10.4. The number of aromatic nitrogens is 1. The van der Waals surface area contributed by atoms with E-state index in [0.717, 1.165) is 0 Å². The van der Waals surface area contributed by atoms with Crippen molar-refractivity contribution < 1.29 is 28.9 Å². The van der Waals surface area contributed by atoms with Crippen LogP contribution in [0.1, 0.15) is 31.8 Å². The van der Waals surface area contributed by atoms with Crippen LogP contribution in [-0.2, 0) is 6.61 Å². The Hall–Kier alpha value is -4.35. The number of ether oxygens (including phenoxy) is 3. The minimum atomic E-state index is -1.12. The van der Waals surface area contributed by atoms with E-state index < -0.39 is 30.3 Å². The first-order valence-corrected chi connectivity index (χ1v) is 13.1. The number of nitriles is 1. The van der Waals surface area contributed by atoms with Gasteiger partial charge in [0.1, 0.15) is 17.2 Å². The molecule has 0 amide bonds. The molecule has 0 aliphatic heterocycles. The molecule has 0 saturated heterocycles. The van der Waals surface area contributed by atoms with E-state index in [4.69, 9.17) is 67.2 Å². The second-order valence-corrected chi connectivity index (χ2v) is 9.80. The zero-order chi connectivity index (χ0) is 30.6. The van der Waals surface area contributed by atoms with Gasteiger partial charge >= 0.3 is 11.9 Å². The lowest BCUT2D eigenvalue weighted by Crippen LogP contribution is -2.16. The van der Waals surface area contributed by atoms with Crippen molar-refractivity contribution in [3.8, 4) is 34.7 Å². The average molecular weight is 643 g/mol. The highest BCUT2D eigenvalue weighted by molar-refractivity contribution is 6.37. The molecule has 0 aliphatic carbocycles. The molecule has 0 saturated carbocycles. The van der Waals surface area contributed by atoms with Crippen molar-refractivity contribution in [2.45, 2.75) is 6.61 Å². The Labute approximate surface area is 259 Å². The zero-order valence-electron chi connectivity index (χ0n) is 21.2. The van der Waals surface area contributed by atoms with Gasteiger partial charge < -0.3 is 19.3 Å². The van der Waals surface area contributed by atoms with E-state index in [0.29, 0.717) is 5.56 Å². The third-order valence-electron chi connectivity index (χ3n) is 5.81. The quantitative estimate of drug-likeness (QED) is 0.160. The third-order valence-corrected chi connectivity index (χ3v) is 7.09. The first-order chi connectivity index (χ1) is 20.2. The summed E-state index contributed by atoms with van der Waals surface area (Å²) >= 11 is 24.7. The van der Waals surface area contributed by atoms with Gasteiger partial charge in [0.15, 0.2) is 5.75 Å². The molecule has 0 atom stereocenters. The second-order valence-electron chi connectivity index (χ2n) is 8.17. The monoisotopic (exact) mass is 641 g/mol. The number of esters is 2. The Bertz CT molecular complexity index is 1710. The van der Waals surface area contributed by atoms with Gasteiger partial charge in [-0.2, -0.15) is 10.2 Å². The molecule has 0 unspecified atom stereocenters. The summed E-state index contributed by atoms with van der Waals surface area (Å²) in [6.45, 7) is 7.19. The largest absolute Gasteiger partial charge is 0.494 e. The molecular weight excluding hydrogens is 628 g/mol. The Morgan fingerprint density at radius 2 is 1.48 bits per heavy atom. The molecule has 4 rings (SSSR count). The summed E-state index contributed by atoms with van der Waals surface area (Å²) in [5.41, 5.74) is -0.884. The first-order valence-electron chi connectivity index (χ1n) is 11.6. The van der Waals surface area contributed by atoms with Crippen molar-refractivity contribution in [1.82, 2.24) is 4.98 Å². The summed E-state index contributed by atoms with van der Waals surface area (Å²) in [5.74, 6) is -3.53. The minimum Gasteiger partial charge on any atom is -0.494 e. The smallest absolute Gasteiger partial charge is 0.350 e. The van der Waals surface area contributed by atoms with Crippen molar-refractivity contribution in [1.29, 1.82) is 5.26 Å². The Kier molecular flexibility index (Phi) is 9.54. The lowest BCUT2D eigenvalue weighted by molar-refractivity contribution is 0.0715. The number of halogens is 4. The maximum absolute atomic E-state index is 13.3. The van der Waals surface area contributed by atoms with Gasteiger partial charge in [-0.1, -0.05) is 76.7 Å². The Morgan fingerprint density at radius 1 is 0.905 bits per heavy atom. The molecule has 0 radical (unpaired) electrons. The molecule has 1 heterocycles. The van der Waals surface area contributed by atoms with Gasteiger partial charge in [-0.25, -0.2) is 14.4 Å². The molecule has 0 spiro atoms. The number of carbonyl (C=O) groups is 2.